The van der Waals surface area contributed by atoms with Gasteiger partial charge in [0.2, 0.25) is 0 Å². The maximum absolute atomic E-state index is 13.7. The second-order valence-electron chi connectivity index (χ2n) is 5.68. The van der Waals surface area contributed by atoms with Crippen LogP contribution in [0.5, 0.6) is 0 Å². The highest BCUT2D eigenvalue weighted by Crippen LogP contribution is 2.28. The third-order valence-corrected chi connectivity index (χ3v) is 4.34. The van der Waals surface area contributed by atoms with Crippen LogP contribution in [0.1, 0.15) is 57.6 Å². The first kappa shape index (κ1) is 14.4. The lowest BCUT2D eigenvalue weighted by Crippen LogP contribution is -2.35. The van der Waals surface area contributed by atoms with Gasteiger partial charge in [-0.3, -0.25) is 0 Å². The number of nitrogens with one attached hydrogen (secondary N) is 1. The lowest BCUT2D eigenvalue weighted by atomic mass is 9.84. The van der Waals surface area contributed by atoms with E-state index in [1.54, 1.807) is 6.07 Å². The van der Waals surface area contributed by atoms with E-state index in [-0.39, 0.29) is 6.04 Å². The summed E-state index contributed by atoms with van der Waals surface area (Å²) < 4.78 is 26.6. The molecule has 0 spiro atoms. The minimum atomic E-state index is -0.517. The molecule has 0 saturated heterocycles. The second-order valence-corrected chi connectivity index (χ2v) is 5.68. The van der Waals surface area contributed by atoms with Crippen LogP contribution in [0.25, 0.3) is 0 Å². The van der Waals surface area contributed by atoms with Crippen molar-refractivity contribution < 1.29 is 8.78 Å². The van der Waals surface area contributed by atoms with Gasteiger partial charge in [0, 0.05) is 23.7 Å². The predicted molar refractivity (Wildman–Crippen MR) is 73.9 cm³/mol. The van der Waals surface area contributed by atoms with Crippen molar-refractivity contribution in [2.24, 2.45) is 5.92 Å². The number of hydrogen-bond acceptors (Lipinski definition) is 1. The molecule has 0 bridgehead atoms. The first-order valence-corrected chi connectivity index (χ1v) is 7.31. The summed E-state index contributed by atoms with van der Waals surface area (Å²) >= 11 is 0. The fraction of sp³-hybridized carbons (Fsp3) is 0.625. The zero-order valence-corrected chi connectivity index (χ0v) is 11.8. The Labute approximate surface area is 114 Å². The molecule has 0 radical (unpaired) electrons. The van der Waals surface area contributed by atoms with Crippen LogP contribution in [0.2, 0.25) is 0 Å². The molecule has 3 heteroatoms. The van der Waals surface area contributed by atoms with Crippen molar-refractivity contribution in [1.29, 1.82) is 0 Å². The van der Waals surface area contributed by atoms with Crippen LogP contribution in [0.15, 0.2) is 18.2 Å². The smallest absolute Gasteiger partial charge is 0.130 e. The van der Waals surface area contributed by atoms with E-state index in [0.29, 0.717) is 11.6 Å². The molecule has 1 N–H and O–H groups in total. The van der Waals surface area contributed by atoms with Crippen LogP contribution in [0.4, 0.5) is 8.78 Å². The van der Waals surface area contributed by atoms with Crippen molar-refractivity contribution >= 4 is 0 Å². The molecular formula is C16H23F2N. The Hall–Kier alpha value is -0.960. The minimum Gasteiger partial charge on any atom is -0.307 e. The topological polar surface area (TPSA) is 12.0 Å². The van der Waals surface area contributed by atoms with Gasteiger partial charge in [-0.05, 0) is 44.6 Å². The molecule has 0 heterocycles. The number of halogens is 2. The van der Waals surface area contributed by atoms with Gasteiger partial charge < -0.3 is 5.32 Å². The first-order valence-electron chi connectivity index (χ1n) is 7.31. The molecule has 106 valence electrons. The van der Waals surface area contributed by atoms with Gasteiger partial charge in [-0.1, -0.05) is 19.4 Å². The Balaban J connectivity index is 1.92. The molecule has 19 heavy (non-hydrogen) atoms. The molecule has 1 saturated carbocycles. The van der Waals surface area contributed by atoms with Gasteiger partial charge >= 0.3 is 0 Å². The van der Waals surface area contributed by atoms with Gasteiger partial charge in [0.25, 0.3) is 0 Å². The lowest BCUT2D eigenvalue weighted by molar-refractivity contribution is 0.272. The van der Waals surface area contributed by atoms with Crippen LogP contribution >= 0.6 is 0 Å². The first-order chi connectivity index (χ1) is 9.10. The Bertz CT molecular complexity index is 411. The van der Waals surface area contributed by atoms with E-state index in [0.717, 1.165) is 24.8 Å². The standard InChI is InChI=1S/C16H23F2N/c1-3-12-4-7-14(8-5-12)19-11(2)15-9-6-13(17)10-16(15)18/h6,9-12,14,19H,3-5,7-8H2,1-2H3. The van der Waals surface area contributed by atoms with Gasteiger partial charge in [0.15, 0.2) is 0 Å². The van der Waals surface area contributed by atoms with Gasteiger partial charge in [0.1, 0.15) is 11.6 Å². The molecule has 1 aliphatic carbocycles. The quantitative estimate of drug-likeness (QED) is 0.841. The third kappa shape index (κ3) is 3.75. The van der Waals surface area contributed by atoms with E-state index in [4.69, 9.17) is 0 Å². The number of benzene rings is 1. The SMILES string of the molecule is CCC1CCC(NC(C)c2ccc(F)cc2F)CC1. The molecule has 1 aliphatic rings. The zero-order valence-electron chi connectivity index (χ0n) is 11.8. The summed E-state index contributed by atoms with van der Waals surface area (Å²) in [7, 11) is 0. The second kappa shape index (κ2) is 6.47. The Morgan fingerprint density at radius 2 is 1.89 bits per heavy atom. The van der Waals surface area contributed by atoms with Gasteiger partial charge in [-0.15, -0.1) is 0 Å². The molecule has 1 aromatic carbocycles. The van der Waals surface area contributed by atoms with Gasteiger partial charge in [0.05, 0.1) is 0 Å². The van der Waals surface area contributed by atoms with E-state index < -0.39 is 11.6 Å². The number of rotatable bonds is 4. The molecule has 0 aliphatic heterocycles. The summed E-state index contributed by atoms with van der Waals surface area (Å²) in [5.74, 6) is -0.116. The number of hydrogen-bond donors (Lipinski definition) is 1. The zero-order chi connectivity index (χ0) is 13.8. The van der Waals surface area contributed by atoms with Crippen molar-refractivity contribution in [2.75, 3.05) is 0 Å². The van der Waals surface area contributed by atoms with Crippen molar-refractivity contribution in [1.82, 2.24) is 5.32 Å². The van der Waals surface area contributed by atoms with E-state index in [2.05, 4.69) is 12.2 Å². The highest BCUT2D eigenvalue weighted by molar-refractivity contribution is 5.21. The van der Waals surface area contributed by atoms with E-state index >= 15 is 0 Å². The fourth-order valence-electron chi connectivity index (χ4n) is 3.03. The molecule has 1 unspecified atom stereocenters. The normalized spacial score (nSPS) is 25.3. The molecule has 1 fully saturated rings. The Kier molecular flexibility index (Phi) is 4.92. The van der Waals surface area contributed by atoms with E-state index in [1.807, 2.05) is 6.92 Å². The van der Waals surface area contributed by atoms with Crippen molar-refractivity contribution in [3.63, 3.8) is 0 Å². The summed E-state index contributed by atoms with van der Waals surface area (Å²) in [6.45, 7) is 4.19. The van der Waals surface area contributed by atoms with Crippen molar-refractivity contribution in [3.05, 3.63) is 35.4 Å². The molecule has 0 aromatic heterocycles. The average molecular weight is 267 g/mol. The minimum absolute atomic E-state index is 0.0659. The summed E-state index contributed by atoms with van der Waals surface area (Å²) in [4.78, 5) is 0. The van der Waals surface area contributed by atoms with E-state index in [9.17, 15) is 8.78 Å². The van der Waals surface area contributed by atoms with Crippen LogP contribution in [-0.2, 0) is 0 Å². The average Bonchev–Trinajstić information content (AvgIpc) is 2.39. The lowest BCUT2D eigenvalue weighted by Gasteiger charge is -2.31. The molecule has 1 aromatic rings. The maximum atomic E-state index is 13.7. The molecule has 2 rings (SSSR count). The highest BCUT2D eigenvalue weighted by Gasteiger charge is 2.22. The summed E-state index contributed by atoms with van der Waals surface area (Å²) in [6.07, 6.45) is 6.09. The van der Waals surface area contributed by atoms with Crippen LogP contribution < -0.4 is 5.32 Å². The summed E-state index contributed by atoms with van der Waals surface area (Å²) in [6, 6.07) is 4.22. The van der Waals surface area contributed by atoms with Crippen LogP contribution in [0, 0.1) is 17.6 Å². The third-order valence-electron chi connectivity index (χ3n) is 4.34. The summed E-state index contributed by atoms with van der Waals surface area (Å²) in [5.41, 5.74) is 0.555. The molecule has 1 nitrogen and oxygen atoms in total. The van der Waals surface area contributed by atoms with Crippen molar-refractivity contribution in [2.45, 2.75) is 58.0 Å². The predicted octanol–water partition coefficient (Wildman–Crippen LogP) is 4.58. The summed E-state index contributed by atoms with van der Waals surface area (Å²) in [5, 5.41) is 3.48. The Morgan fingerprint density at radius 3 is 2.47 bits per heavy atom. The molecular weight excluding hydrogens is 244 g/mol. The van der Waals surface area contributed by atoms with Gasteiger partial charge in [-0.25, -0.2) is 8.78 Å². The highest BCUT2D eigenvalue weighted by atomic mass is 19.1. The van der Waals surface area contributed by atoms with Gasteiger partial charge in [-0.2, -0.15) is 0 Å². The Morgan fingerprint density at radius 1 is 1.21 bits per heavy atom. The van der Waals surface area contributed by atoms with E-state index in [1.165, 1.54) is 25.3 Å². The van der Waals surface area contributed by atoms with Crippen molar-refractivity contribution in [3.8, 4) is 0 Å². The largest absolute Gasteiger partial charge is 0.307 e. The maximum Gasteiger partial charge on any atom is 0.130 e. The fourth-order valence-corrected chi connectivity index (χ4v) is 3.03. The molecule has 0 amide bonds. The monoisotopic (exact) mass is 267 g/mol. The van der Waals surface area contributed by atoms with Crippen LogP contribution in [-0.4, -0.2) is 6.04 Å². The van der Waals surface area contributed by atoms with Crippen LogP contribution in [0.3, 0.4) is 0 Å². The molecule has 1 atom stereocenters.